The molecule has 1 aliphatic rings. The van der Waals surface area contributed by atoms with Gasteiger partial charge in [0.1, 0.15) is 18.1 Å². The summed E-state index contributed by atoms with van der Waals surface area (Å²) in [5.41, 5.74) is 4.38. The van der Waals surface area contributed by atoms with E-state index in [1.807, 2.05) is 80.9 Å². The van der Waals surface area contributed by atoms with Crippen molar-refractivity contribution in [3.63, 3.8) is 0 Å². The number of rotatable bonds is 6. The van der Waals surface area contributed by atoms with Crippen molar-refractivity contribution in [2.24, 2.45) is 5.92 Å². The Morgan fingerprint density at radius 2 is 1.55 bits per heavy atom. The van der Waals surface area contributed by atoms with Crippen LogP contribution < -0.4 is 21.3 Å². The summed E-state index contributed by atoms with van der Waals surface area (Å²) in [7, 11) is 0. The average molecular weight is 672 g/mol. The predicted molar refractivity (Wildman–Crippen MR) is 186 cm³/mol. The standard InChI is InChI=1S/C37H49N7O5/c1-24(2)33-36(48)38-18-10-20-43(37(49)30-16-14-29(15-17-30)23-44-26(4)21-25(3)42-44)19-9-13-32(45)40-31(22-28-11-7-6-8-12-28)35(47)39-27(5)34(46)41-33/h6-8,11-12,14-17,21,24,27,31,33H,9-10,13,18-20,22-23H2,1-5H3,(H,38,48)(H,39,47)(H,40,45)(H,41,46)/t27-,31+,33-/m1/s1. The number of benzene rings is 2. The maximum absolute atomic E-state index is 13.7. The molecule has 1 aromatic heterocycles. The molecule has 0 aliphatic carbocycles. The molecule has 4 rings (SSSR count). The van der Waals surface area contributed by atoms with Crippen LogP contribution in [0.15, 0.2) is 60.7 Å². The Bertz CT molecular complexity index is 1600. The van der Waals surface area contributed by atoms with E-state index in [1.54, 1.807) is 24.0 Å². The third kappa shape index (κ3) is 10.8. The fourth-order valence-corrected chi connectivity index (χ4v) is 5.80. The highest BCUT2D eigenvalue weighted by Gasteiger charge is 2.29. The normalized spacial score (nSPS) is 20.4. The topological polar surface area (TPSA) is 155 Å². The number of carbonyl (C=O) groups is 5. The third-order valence-corrected chi connectivity index (χ3v) is 8.59. The molecule has 0 bridgehead atoms. The summed E-state index contributed by atoms with van der Waals surface area (Å²) in [6.45, 7) is 10.7. The molecule has 0 radical (unpaired) electrons. The molecule has 1 fully saturated rings. The Morgan fingerprint density at radius 1 is 0.857 bits per heavy atom. The van der Waals surface area contributed by atoms with Crippen molar-refractivity contribution in [2.45, 2.75) is 85.0 Å². The Morgan fingerprint density at radius 3 is 2.20 bits per heavy atom. The lowest BCUT2D eigenvalue weighted by molar-refractivity contribution is -0.134. The molecule has 12 nitrogen and oxygen atoms in total. The number of hydrogen-bond acceptors (Lipinski definition) is 6. The molecular formula is C37H49N7O5. The lowest BCUT2D eigenvalue weighted by atomic mass is 10.0. The number of carbonyl (C=O) groups excluding carboxylic acids is 5. The summed E-state index contributed by atoms with van der Waals surface area (Å²) in [4.78, 5) is 68.2. The number of aryl methyl sites for hydroxylation is 2. The van der Waals surface area contributed by atoms with Crippen LogP contribution in [0.3, 0.4) is 0 Å². The van der Waals surface area contributed by atoms with Crippen molar-refractivity contribution >= 4 is 29.5 Å². The summed E-state index contributed by atoms with van der Waals surface area (Å²) >= 11 is 0. The SMILES string of the molecule is Cc1cc(C)n(Cc2ccc(C(=O)N3CCCNC(=O)[C@@H](C(C)C)NC(=O)[C@@H](C)NC(=O)[C@H](Cc4ccccc4)NC(=O)CCC3)cc2)n1. The summed E-state index contributed by atoms with van der Waals surface area (Å²) in [5.74, 6) is -2.09. The first-order chi connectivity index (χ1) is 23.4. The van der Waals surface area contributed by atoms with Crippen LogP contribution in [0.1, 0.15) is 72.9 Å². The molecule has 2 heterocycles. The monoisotopic (exact) mass is 671 g/mol. The quantitative estimate of drug-likeness (QED) is 0.316. The van der Waals surface area contributed by atoms with Crippen LogP contribution >= 0.6 is 0 Å². The van der Waals surface area contributed by atoms with Gasteiger partial charge in [0, 0.05) is 43.7 Å². The molecule has 49 heavy (non-hydrogen) atoms. The van der Waals surface area contributed by atoms with Crippen LogP contribution in [0.4, 0.5) is 0 Å². The van der Waals surface area contributed by atoms with Crippen molar-refractivity contribution in [1.82, 2.24) is 35.9 Å². The van der Waals surface area contributed by atoms with Crippen LogP contribution in [-0.4, -0.2) is 82.0 Å². The van der Waals surface area contributed by atoms with E-state index in [1.165, 1.54) is 0 Å². The zero-order chi connectivity index (χ0) is 35.5. The average Bonchev–Trinajstić information content (AvgIpc) is 3.39. The Hall–Kier alpha value is -5.00. The first-order valence-corrected chi connectivity index (χ1v) is 17.0. The van der Waals surface area contributed by atoms with Crippen molar-refractivity contribution in [3.8, 4) is 0 Å². The maximum Gasteiger partial charge on any atom is 0.253 e. The largest absolute Gasteiger partial charge is 0.354 e. The summed E-state index contributed by atoms with van der Waals surface area (Å²) < 4.78 is 1.92. The molecule has 3 aromatic rings. The van der Waals surface area contributed by atoms with Gasteiger partial charge in [0.25, 0.3) is 5.91 Å². The second-order valence-electron chi connectivity index (χ2n) is 13.1. The molecule has 2 aromatic carbocycles. The Balaban J connectivity index is 1.51. The number of hydrogen-bond donors (Lipinski definition) is 4. The Labute approximate surface area is 288 Å². The van der Waals surface area contributed by atoms with Crippen molar-refractivity contribution < 1.29 is 24.0 Å². The van der Waals surface area contributed by atoms with Gasteiger partial charge in [-0.25, -0.2) is 0 Å². The molecule has 1 saturated heterocycles. The van der Waals surface area contributed by atoms with Gasteiger partial charge in [-0.3, -0.25) is 28.7 Å². The highest BCUT2D eigenvalue weighted by molar-refractivity contribution is 5.95. The van der Waals surface area contributed by atoms with E-state index >= 15 is 0 Å². The van der Waals surface area contributed by atoms with Crippen LogP contribution in [0.2, 0.25) is 0 Å². The summed E-state index contributed by atoms with van der Waals surface area (Å²) in [6.07, 6.45) is 1.16. The fraction of sp³-hybridized carbons (Fsp3) is 0.459. The number of nitrogens with one attached hydrogen (secondary N) is 4. The fourth-order valence-electron chi connectivity index (χ4n) is 5.80. The number of nitrogens with zero attached hydrogens (tertiary/aromatic N) is 3. The maximum atomic E-state index is 13.7. The smallest absolute Gasteiger partial charge is 0.253 e. The van der Waals surface area contributed by atoms with Crippen molar-refractivity contribution in [3.05, 3.63) is 88.7 Å². The lowest BCUT2D eigenvalue weighted by Crippen LogP contribution is -2.57. The van der Waals surface area contributed by atoms with Gasteiger partial charge >= 0.3 is 0 Å². The van der Waals surface area contributed by atoms with Gasteiger partial charge < -0.3 is 26.2 Å². The second-order valence-corrected chi connectivity index (χ2v) is 13.1. The van der Waals surface area contributed by atoms with Gasteiger partial charge in [0.15, 0.2) is 0 Å². The number of aromatic nitrogens is 2. The second kappa shape index (κ2) is 17.4. The van der Waals surface area contributed by atoms with Crippen LogP contribution in [-0.2, 0) is 32.1 Å². The minimum Gasteiger partial charge on any atom is -0.354 e. The first-order valence-electron chi connectivity index (χ1n) is 17.0. The molecule has 0 unspecified atom stereocenters. The number of amides is 5. The molecule has 12 heteroatoms. The predicted octanol–water partition coefficient (Wildman–Crippen LogP) is 2.66. The molecule has 5 amide bonds. The van der Waals surface area contributed by atoms with Crippen LogP contribution in [0.25, 0.3) is 0 Å². The van der Waals surface area contributed by atoms with Gasteiger partial charge in [0.05, 0.1) is 12.2 Å². The van der Waals surface area contributed by atoms with E-state index in [2.05, 4.69) is 26.4 Å². The molecule has 0 spiro atoms. The van der Waals surface area contributed by atoms with E-state index in [4.69, 9.17) is 0 Å². The van der Waals surface area contributed by atoms with Crippen LogP contribution in [0.5, 0.6) is 0 Å². The summed E-state index contributed by atoms with van der Waals surface area (Å²) in [5, 5.41) is 15.7. The van der Waals surface area contributed by atoms with E-state index in [9.17, 15) is 24.0 Å². The Kier molecular flexibility index (Phi) is 13.1. The minimum atomic E-state index is -0.942. The third-order valence-electron chi connectivity index (χ3n) is 8.59. The van der Waals surface area contributed by atoms with Crippen molar-refractivity contribution in [1.29, 1.82) is 0 Å². The van der Waals surface area contributed by atoms with Crippen LogP contribution in [0, 0.1) is 19.8 Å². The zero-order valence-corrected chi connectivity index (χ0v) is 29.1. The highest BCUT2D eigenvalue weighted by atomic mass is 16.2. The van der Waals surface area contributed by atoms with Gasteiger partial charge in [-0.2, -0.15) is 5.10 Å². The van der Waals surface area contributed by atoms with Crippen molar-refractivity contribution in [2.75, 3.05) is 19.6 Å². The molecule has 3 atom stereocenters. The zero-order valence-electron chi connectivity index (χ0n) is 29.1. The van der Waals surface area contributed by atoms with Gasteiger partial charge in [0.2, 0.25) is 23.6 Å². The summed E-state index contributed by atoms with van der Waals surface area (Å²) in [6, 6.07) is 16.0. The molecule has 0 saturated carbocycles. The first kappa shape index (κ1) is 36.8. The van der Waals surface area contributed by atoms with Gasteiger partial charge in [-0.15, -0.1) is 0 Å². The van der Waals surface area contributed by atoms with Gasteiger partial charge in [-0.05, 0) is 68.9 Å². The van der Waals surface area contributed by atoms with E-state index in [0.29, 0.717) is 38.0 Å². The van der Waals surface area contributed by atoms with E-state index in [-0.39, 0.29) is 43.0 Å². The minimum absolute atomic E-state index is 0.0900. The lowest BCUT2D eigenvalue weighted by Gasteiger charge is -2.26. The van der Waals surface area contributed by atoms with E-state index in [0.717, 1.165) is 22.5 Å². The van der Waals surface area contributed by atoms with Gasteiger partial charge in [-0.1, -0.05) is 56.3 Å². The molecule has 262 valence electrons. The van der Waals surface area contributed by atoms with E-state index < -0.39 is 29.9 Å². The molecule has 1 aliphatic heterocycles. The molecular weight excluding hydrogens is 622 g/mol. The molecule has 4 N–H and O–H groups in total. The highest BCUT2D eigenvalue weighted by Crippen LogP contribution is 2.13.